The van der Waals surface area contributed by atoms with Gasteiger partial charge in [0, 0.05) is 5.56 Å². The van der Waals surface area contributed by atoms with Crippen LogP contribution in [0.2, 0.25) is 0 Å². The van der Waals surface area contributed by atoms with Crippen LogP contribution >= 0.6 is 0 Å². The van der Waals surface area contributed by atoms with Gasteiger partial charge in [-0.3, -0.25) is 0 Å². The fourth-order valence-corrected chi connectivity index (χ4v) is 4.47. The molecule has 1 aliphatic heterocycles. The summed E-state index contributed by atoms with van der Waals surface area (Å²) in [5.74, 6) is 0.775. The van der Waals surface area contributed by atoms with E-state index in [0.717, 1.165) is 33.6 Å². The van der Waals surface area contributed by atoms with Crippen molar-refractivity contribution < 1.29 is 13.2 Å². The Hall–Kier alpha value is -1.81. The second-order valence-electron chi connectivity index (χ2n) is 5.18. The van der Waals surface area contributed by atoms with E-state index in [1.165, 1.54) is 0 Å². The van der Waals surface area contributed by atoms with Crippen molar-refractivity contribution in [3.8, 4) is 16.9 Å². The van der Waals surface area contributed by atoms with Crippen molar-refractivity contribution in [2.45, 2.75) is 24.5 Å². The second kappa shape index (κ2) is 4.35. The molecule has 0 saturated heterocycles. The number of rotatable bonds is 1. The van der Waals surface area contributed by atoms with E-state index in [9.17, 15) is 8.42 Å². The smallest absolute Gasteiger partial charge is 0.183 e. The summed E-state index contributed by atoms with van der Waals surface area (Å²) < 4.78 is 30.2. The molecule has 0 saturated carbocycles. The Balaban J connectivity index is 2.39. The van der Waals surface area contributed by atoms with Crippen molar-refractivity contribution in [1.29, 1.82) is 0 Å². The standard InChI is InChI=1S/C16H16O3S/c1-10-4-7-16-13(8-10)12-5-6-15(19-3)11(2)14(12)9-20(16,17)18/h4-8H,9H2,1-3H3. The first-order valence-electron chi connectivity index (χ1n) is 6.44. The number of hydrogen-bond donors (Lipinski definition) is 0. The van der Waals surface area contributed by atoms with E-state index in [1.54, 1.807) is 13.2 Å². The summed E-state index contributed by atoms with van der Waals surface area (Å²) in [7, 11) is -1.67. The number of methoxy groups -OCH3 is 1. The van der Waals surface area contributed by atoms with E-state index in [2.05, 4.69) is 0 Å². The zero-order valence-electron chi connectivity index (χ0n) is 11.7. The van der Waals surface area contributed by atoms with Crippen LogP contribution in [-0.2, 0) is 15.6 Å². The van der Waals surface area contributed by atoms with Gasteiger partial charge in [-0.05, 0) is 42.7 Å². The zero-order valence-corrected chi connectivity index (χ0v) is 12.5. The largest absolute Gasteiger partial charge is 0.496 e. The lowest BCUT2D eigenvalue weighted by Gasteiger charge is -2.23. The van der Waals surface area contributed by atoms with Gasteiger partial charge in [0.1, 0.15) is 5.75 Å². The highest BCUT2D eigenvalue weighted by Crippen LogP contribution is 2.41. The van der Waals surface area contributed by atoms with E-state index in [-0.39, 0.29) is 5.75 Å². The zero-order chi connectivity index (χ0) is 14.5. The van der Waals surface area contributed by atoms with Crippen LogP contribution in [0.3, 0.4) is 0 Å². The molecular weight excluding hydrogens is 272 g/mol. The van der Waals surface area contributed by atoms with Crippen molar-refractivity contribution in [2.75, 3.05) is 7.11 Å². The minimum absolute atomic E-state index is 0.0431. The Morgan fingerprint density at radius 1 is 1.05 bits per heavy atom. The Bertz CT molecular complexity index is 805. The molecule has 2 aromatic carbocycles. The molecule has 0 amide bonds. The van der Waals surface area contributed by atoms with Crippen LogP contribution in [0.25, 0.3) is 11.1 Å². The lowest BCUT2D eigenvalue weighted by atomic mass is 9.95. The molecule has 0 aliphatic carbocycles. The third-order valence-corrected chi connectivity index (χ3v) is 5.56. The van der Waals surface area contributed by atoms with Gasteiger partial charge in [0.2, 0.25) is 0 Å². The maximum atomic E-state index is 12.5. The highest BCUT2D eigenvalue weighted by atomic mass is 32.2. The summed E-state index contributed by atoms with van der Waals surface area (Å²) in [5.41, 5.74) is 4.61. The molecule has 0 spiro atoms. The summed E-state index contributed by atoms with van der Waals surface area (Å²) in [5, 5.41) is 0. The van der Waals surface area contributed by atoms with Gasteiger partial charge in [0.05, 0.1) is 17.8 Å². The fourth-order valence-electron chi connectivity index (χ4n) is 2.79. The van der Waals surface area contributed by atoms with Gasteiger partial charge in [-0.25, -0.2) is 8.42 Å². The molecule has 4 heteroatoms. The molecule has 1 heterocycles. The number of fused-ring (bicyclic) bond motifs is 3. The monoisotopic (exact) mass is 288 g/mol. The number of benzene rings is 2. The molecule has 3 rings (SSSR count). The first-order valence-corrected chi connectivity index (χ1v) is 8.09. The van der Waals surface area contributed by atoms with Crippen molar-refractivity contribution in [1.82, 2.24) is 0 Å². The molecule has 0 bridgehead atoms. The van der Waals surface area contributed by atoms with Crippen LogP contribution in [0.4, 0.5) is 0 Å². The maximum absolute atomic E-state index is 12.5. The average Bonchev–Trinajstić information content (AvgIpc) is 2.39. The maximum Gasteiger partial charge on any atom is 0.183 e. The Kier molecular flexibility index (Phi) is 2.87. The molecule has 3 nitrogen and oxygen atoms in total. The van der Waals surface area contributed by atoms with Crippen LogP contribution in [0.5, 0.6) is 5.75 Å². The second-order valence-corrected chi connectivity index (χ2v) is 7.14. The normalized spacial score (nSPS) is 15.3. The van der Waals surface area contributed by atoms with E-state index in [0.29, 0.717) is 4.90 Å². The first-order chi connectivity index (χ1) is 9.44. The van der Waals surface area contributed by atoms with E-state index >= 15 is 0 Å². The van der Waals surface area contributed by atoms with Crippen LogP contribution < -0.4 is 4.74 Å². The average molecular weight is 288 g/mol. The molecule has 0 unspecified atom stereocenters. The van der Waals surface area contributed by atoms with E-state index in [4.69, 9.17) is 4.74 Å². The summed E-state index contributed by atoms with van der Waals surface area (Å²) >= 11 is 0. The molecule has 0 atom stereocenters. The third kappa shape index (κ3) is 1.83. The lowest BCUT2D eigenvalue weighted by molar-refractivity contribution is 0.411. The number of hydrogen-bond acceptors (Lipinski definition) is 3. The van der Waals surface area contributed by atoms with Gasteiger partial charge in [-0.2, -0.15) is 0 Å². The molecule has 0 N–H and O–H groups in total. The fraction of sp³-hybridized carbons (Fsp3) is 0.250. The Labute approximate surface area is 119 Å². The highest BCUT2D eigenvalue weighted by Gasteiger charge is 2.29. The minimum atomic E-state index is -3.28. The Morgan fingerprint density at radius 2 is 1.80 bits per heavy atom. The van der Waals surface area contributed by atoms with Crippen LogP contribution in [-0.4, -0.2) is 15.5 Å². The van der Waals surface area contributed by atoms with Gasteiger partial charge in [-0.1, -0.05) is 23.8 Å². The van der Waals surface area contributed by atoms with Gasteiger partial charge in [-0.15, -0.1) is 0 Å². The third-order valence-electron chi connectivity index (χ3n) is 3.86. The molecule has 0 radical (unpaired) electrons. The number of aryl methyl sites for hydroxylation is 1. The molecule has 2 aromatic rings. The van der Waals surface area contributed by atoms with Crippen LogP contribution in [0, 0.1) is 13.8 Å². The van der Waals surface area contributed by atoms with Gasteiger partial charge >= 0.3 is 0 Å². The first kappa shape index (κ1) is 13.2. The summed E-state index contributed by atoms with van der Waals surface area (Å²) in [6, 6.07) is 9.35. The minimum Gasteiger partial charge on any atom is -0.496 e. The van der Waals surface area contributed by atoms with Crippen molar-refractivity contribution in [2.24, 2.45) is 0 Å². The molecule has 0 fully saturated rings. The SMILES string of the molecule is COc1ccc2c(c1C)CS(=O)(=O)c1ccc(C)cc1-2. The van der Waals surface area contributed by atoms with Crippen LogP contribution in [0.1, 0.15) is 16.7 Å². The molecule has 0 aromatic heterocycles. The quantitative estimate of drug-likeness (QED) is 0.809. The van der Waals surface area contributed by atoms with Gasteiger partial charge in [0.15, 0.2) is 9.84 Å². The molecule has 104 valence electrons. The van der Waals surface area contributed by atoms with Crippen molar-refractivity contribution >= 4 is 9.84 Å². The van der Waals surface area contributed by atoms with Crippen molar-refractivity contribution in [3.05, 3.63) is 47.0 Å². The predicted octanol–water partition coefficient (Wildman–Crippen LogP) is 3.27. The molecular formula is C16H16O3S. The van der Waals surface area contributed by atoms with E-state index < -0.39 is 9.84 Å². The molecule has 20 heavy (non-hydrogen) atoms. The predicted molar refractivity (Wildman–Crippen MR) is 78.8 cm³/mol. The topological polar surface area (TPSA) is 43.4 Å². The molecule has 1 aliphatic rings. The van der Waals surface area contributed by atoms with Gasteiger partial charge in [0.25, 0.3) is 0 Å². The summed E-state index contributed by atoms with van der Waals surface area (Å²) in [4.78, 5) is 0.431. The van der Waals surface area contributed by atoms with E-state index in [1.807, 2.05) is 38.1 Å². The summed E-state index contributed by atoms with van der Waals surface area (Å²) in [6.45, 7) is 3.88. The lowest BCUT2D eigenvalue weighted by Crippen LogP contribution is -2.14. The van der Waals surface area contributed by atoms with Crippen molar-refractivity contribution in [3.63, 3.8) is 0 Å². The van der Waals surface area contributed by atoms with Crippen LogP contribution in [0.15, 0.2) is 35.2 Å². The van der Waals surface area contributed by atoms with Gasteiger partial charge < -0.3 is 4.74 Å². The number of ether oxygens (including phenoxy) is 1. The Morgan fingerprint density at radius 3 is 2.50 bits per heavy atom. The highest BCUT2D eigenvalue weighted by molar-refractivity contribution is 7.90. The number of sulfone groups is 1. The summed E-state index contributed by atoms with van der Waals surface area (Å²) in [6.07, 6.45) is 0.